The first-order valence-electron chi connectivity index (χ1n) is 21.6. The molecule has 4 atom stereocenters. The maximum atomic E-state index is 17.8. The first-order chi connectivity index (χ1) is 29.1. The van der Waals surface area contributed by atoms with Crippen LogP contribution in [0.15, 0.2) is 54.6 Å². The van der Waals surface area contributed by atoms with Crippen LogP contribution in [0.4, 0.5) is 20.7 Å². The van der Waals surface area contributed by atoms with Gasteiger partial charge in [-0.25, -0.2) is 9.18 Å². The Kier molecular flexibility index (Phi) is 13.9. The number of likely N-dealkylation sites (N-methyl/N-ethyl adjacent to an activating group) is 1. The molecule has 1 aliphatic carbocycles. The van der Waals surface area contributed by atoms with Crippen molar-refractivity contribution in [1.82, 2.24) is 19.8 Å². The van der Waals surface area contributed by atoms with Gasteiger partial charge in [0.1, 0.15) is 29.5 Å². The number of methoxy groups -OCH3 is 2. The average molecular weight is 949 g/mol. The first kappa shape index (κ1) is 44.7. The summed E-state index contributed by atoms with van der Waals surface area (Å²) in [6.45, 7) is 16.3. The number of anilines is 2. The minimum atomic E-state index is -0.573. The number of rotatable bonds is 12. The number of carbonyl (C=O) groups excluding carboxylic acids is 1. The van der Waals surface area contributed by atoms with Gasteiger partial charge in [0.25, 0.3) is 0 Å². The highest BCUT2D eigenvalue weighted by Gasteiger charge is 2.38. The standard InChI is InChI=1S/C48H62FIN6O5/c1-30-23-39-40(51-46(60-29-35-11-10-20-53(35)7)52-45(39)56-22-21-54(26-32(56)3)47(57)61-48(4,5)6)25-38(30)42-43(49)41(24-31(2)44(42)50)55(27-33-12-16-36(58-8)17-13-33)28-34-14-18-37(59-9)19-15-34/h12-19,24,30,32,35,38H,10-11,20-23,25-29H2,1-9H3. The molecule has 3 heterocycles. The molecule has 2 aliphatic heterocycles. The van der Waals surface area contributed by atoms with Gasteiger partial charge in [0.15, 0.2) is 5.82 Å². The summed E-state index contributed by atoms with van der Waals surface area (Å²) in [7, 11) is 5.46. The lowest BCUT2D eigenvalue weighted by atomic mass is 9.74. The highest BCUT2D eigenvalue weighted by atomic mass is 127. The van der Waals surface area contributed by atoms with Crippen molar-refractivity contribution < 1.29 is 28.1 Å². The molecule has 61 heavy (non-hydrogen) atoms. The largest absolute Gasteiger partial charge is 0.497 e. The molecule has 4 aromatic rings. The van der Waals surface area contributed by atoms with Gasteiger partial charge >= 0.3 is 12.1 Å². The maximum absolute atomic E-state index is 17.8. The minimum absolute atomic E-state index is 0.0257. The van der Waals surface area contributed by atoms with Crippen LogP contribution in [0.2, 0.25) is 0 Å². The molecule has 13 heteroatoms. The zero-order chi connectivity index (χ0) is 43.6. The van der Waals surface area contributed by atoms with Crippen molar-refractivity contribution in [1.29, 1.82) is 0 Å². The Morgan fingerprint density at radius 3 is 2.13 bits per heavy atom. The zero-order valence-corrected chi connectivity index (χ0v) is 39.4. The molecule has 0 bridgehead atoms. The monoisotopic (exact) mass is 948 g/mol. The van der Waals surface area contributed by atoms with Crippen LogP contribution in [-0.4, -0.2) is 97.6 Å². The summed E-state index contributed by atoms with van der Waals surface area (Å²) in [6, 6.07) is 18.6. The third-order valence-corrected chi connectivity index (χ3v) is 13.9. The van der Waals surface area contributed by atoms with Crippen LogP contribution in [0.5, 0.6) is 17.5 Å². The summed E-state index contributed by atoms with van der Waals surface area (Å²) in [5.74, 6) is 2.16. The van der Waals surface area contributed by atoms with Crippen molar-refractivity contribution in [3.8, 4) is 17.5 Å². The van der Waals surface area contributed by atoms with Gasteiger partial charge in [0.2, 0.25) is 0 Å². The van der Waals surface area contributed by atoms with Gasteiger partial charge in [-0.2, -0.15) is 9.97 Å². The Morgan fingerprint density at radius 1 is 0.934 bits per heavy atom. The number of hydrogen-bond acceptors (Lipinski definition) is 10. The molecule has 3 aromatic carbocycles. The molecule has 0 N–H and O–H groups in total. The second-order valence-electron chi connectivity index (χ2n) is 18.1. The van der Waals surface area contributed by atoms with E-state index in [9.17, 15) is 4.79 Å². The number of aryl methyl sites for hydroxylation is 1. The first-order valence-corrected chi connectivity index (χ1v) is 22.7. The van der Waals surface area contributed by atoms with E-state index in [1.165, 1.54) is 0 Å². The lowest BCUT2D eigenvalue weighted by Gasteiger charge is -2.42. The lowest BCUT2D eigenvalue weighted by molar-refractivity contribution is 0.0218. The number of fused-ring (bicyclic) bond motifs is 1. The number of piperazine rings is 1. The molecule has 7 rings (SSSR count). The summed E-state index contributed by atoms with van der Waals surface area (Å²) in [5, 5.41) is 0. The van der Waals surface area contributed by atoms with Gasteiger partial charge in [-0.1, -0.05) is 31.2 Å². The van der Waals surface area contributed by atoms with Gasteiger partial charge in [0.05, 0.1) is 25.6 Å². The number of hydrogen-bond donors (Lipinski definition) is 0. The zero-order valence-electron chi connectivity index (χ0n) is 37.3. The van der Waals surface area contributed by atoms with Gasteiger partial charge in [0, 0.05) is 59.5 Å². The normalized spacial score (nSPS) is 20.6. The van der Waals surface area contributed by atoms with Crippen LogP contribution in [0.3, 0.4) is 0 Å². The van der Waals surface area contributed by atoms with Gasteiger partial charge in [-0.15, -0.1) is 0 Å². The van der Waals surface area contributed by atoms with Gasteiger partial charge in [-0.05, 0) is 155 Å². The molecule has 0 spiro atoms. The fourth-order valence-electron chi connectivity index (χ4n) is 9.02. The Morgan fingerprint density at radius 2 is 1.57 bits per heavy atom. The fourth-order valence-corrected chi connectivity index (χ4v) is 9.82. The van der Waals surface area contributed by atoms with E-state index < -0.39 is 5.60 Å². The van der Waals surface area contributed by atoms with E-state index in [4.69, 9.17) is 28.9 Å². The Balaban J connectivity index is 1.24. The molecular formula is C48H62FIN6O5. The molecule has 3 aliphatic rings. The smallest absolute Gasteiger partial charge is 0.410 e. The van der Waals surface area contributed by atoms with Crippen LogP contribution in [0, 0.1) is 22.2 Å². The molecule has 1 aromatic heterocycles. The number of halogens is 2. The molecule has 328 valence electrons. The molecule has 1 amide bonds. The molecule has 2 saturated heterocycles. The minimum Gasteiger partial charge on any atom is -0.497 e. The number of ether oxygens (including phenoxy) is 4. The van der Waals surface area contributed by atoms with E-state index in [1.54, 1.807) is 19.1 Å². The van der Waals surface area contributed by atoms with E-state index in [1.807, 2.05) is 75.4 Å². The topological polar surface area (TPSA) is 92.7 Å². The highest BCUT2D eigenvalue weighted by Crippen LogP contribution is 2.45. The van der Waals surface area contributed by atoms with Crippen molar-refractivity contribution >= 4 is 40.2 Å². The number of likely N-dealkylation sites (tertiary alicyclic amines) is 1. The summed E-state index contributed by atoms with van der Waals surface area (Å²) in [6.07, 6.45) is 3.13. The highest BCUT2D eigenvalue weighted by molar-refractivity contribution is 14.1. The summed E-state index contributed by atoms with van der Waals surface area (Å²) in [4.78, 5) is 31.9. The van der Waals surface area contributed by atoms with Crippen molar-refractivity contribution in [3.05, 3.63) is 97.5 Å². The van der Waals surface area contributed by atoms with E-state index >= 15 is 4.39 Å². The Bertz CT molecular complexity index is 2120. The molecule has 0 radical (unpaired) electrons. The van der Waals surface area contributed by atoms with Crippen molar-refractivity contribution in [2.75, 3.05) is 63.9 Å². The van der Waals surface area contributed by atoms with Crippen LogP contribution in [0.25, 0.3) is 0 Å². The van der Waals surface area contributed by atoms with E-state index in [2.05, 4.69) is 65.1 Å². The number of aromatic nitrogens is 2. The quantitative estimate of drug-likeness (QED) is 0.128. The van der Waals surface area contributed by atoms with Gasteiger partial charge < -0.3 is 38.5 Å². The summed E-state index contributed by atoms with van der Waals surface area (Å²) in [5.41, 5.74) is 5.84. The van der Waals surface area contributed by atoms with E-state index in [0.717, 1.165) is 73.8 Å². The Labute approximate surface area is 375 Å². The summed E-state index contributed by atoms with van der Waals surface area (Å²) < 4.78 is 41.8. The van der Waals surface area contributed by atoms with Crippen molar-refractivity contribution in [2.45, 2.75) is 104 Å². The SMILES string of the molecule is COc1ccc(CN(Cc2ccc(OC)cc2)c2cc(C)c(I)c(C3Cc4nc(OCC5CCCN5C)nc(N5CCN(C(=O)OC(C)(C)C)CC5C)c4CC3C)c2F)cc1. The lowest BCUT2D eigenvalue weighted by Crippen LogP contribution is -2.55. The van der Waals surface area contributed by atoms with Crippen molar-refractivity contribution in [2.24, 2.45) is 5.92 Å². The van der Waals surface area contributed by atoms with E-state index in [0.29, 0.717) is 69.9 Å². The number of amides is 1. The molecule has 4 unspecified atom stereocenters. The molecule has 11 nitrogen and oxygen atoms in total. The Hall–Kier alpha value is -4.37. The third-order valence-electron chi connectivity index (χ3n) is 12.5. The maximum Gasteiger partial charge on any atom is 0.410 e. The summed E-state index contributed by atoms with van der Waals surface area (Å²) >= 11 is 2.35. The second kappa shape index (κ2) is 18.9. The average Bonchev–Trinajstić information content (AvgIpc) is 3.65. The van der Waals surface area contributed by atoms with Crippen molar-refractivity contribution in [3.63, 3.8) is 0 Å². The number of nitrogens with zero attached hydrogens (tertiary/aromatic N) is 6. The predicted octanol–water partition coefficient (Wildman–Crippen LogP) is 9.19. The van der Waals surface area contributed by atoms with Gasteiger partial charge in [-0.3, -0.25) is 0 Å². The number of carbonyl (C=O) groups is 1. The molecule has 2 fully saturated rings. The van der Waals surface area contributed by atoms with Crippen LogP contribution >= 0.6 is 22.6 Å². The second-order valence-corrected chi connectivity index (χ2v) is 19.2. The van der Waals surface area contributed by atoms with Crippen LogP contribution in [0.1, 0.15) is 86.9 Å². The molecule has 0 saturated carbocycles. The van der Waals surface area contributed by atoms with Crippen LogP contribution in [-0.2, 0) is 30.7 Å². The van der Waals surface area contributed by atoms with E-state index in [-0.39, 0.29) is 29.8 Å². The van der Waals surface area contributed by atoms with Crippen LogP contribution < -0.4 is 24.0 Å². The number of benzene rings is 3. The fraction of sp³-hybridized carbons (Fsp3) is 0.521. The molecular weight excluding hydrogens is 886 g/mol. The predicted molar refractivity (Wildman–Crippen MR) is 247 cm³/mol. The third kappa shape index (κ3) is 10.3.